The molecule has 4 nitrogen and oxygen atoms in total. The SMILES string of the molecule is Cc1ncsc1[C@](C)(O)C#Cc1cccc(B2OC(C)(C)C(C)(C)O2)c1. The predicted molar refractivity (Wildman–Crippen MR) is 105 cm³/mol. The van der Waals surface area contributed by atoms with Gasteiger partial charge < -0.3 is 14.4 Å². The predicted octanol–water partition coefficient (Wildman–Crippen LogP) is 3.01. The van der Waals surface area contributed by atoms with E-state index in [4.69, 9.17) is 9.31 Å². The molecule has 2 heterocycles. The Kier molecular flexibility index (Phi) is 4.79. The molecule has 0 spiro atoms. The summed E-state index contributed by atoms with van der Waals surface area (Å²) in [4.78, 5) is 4.96. The van der Waals surface area contributed by atoms with Gasteiger partial charge in [0, 0.05) is 5.56 Å². The van der Waals surface area contributed by atoms with Gasteiger partial charge in [0.1, 0.15) is 0 Å². The maximum atomic E-state index is 10.7. The van der Waals surface area contributed by atoms with Crippen LogP contribution in [0.3, 0.4) is 0 Å². The molecule has 6 heteroatoms. The molecule has 136 valence electrons. The minimum atomic E-state index is -1.23. The van der Waals surface area contributed by atoms with E-state index < -0.39 is 12.7 Å². The van der Waals surface area contributed by atoms with E-state index in [1.165, 1.54) is 11.3 Å². The molecular formula is C20H24BNO3S. The largest absolute Gasteiger partial charge is 0.494 e. The normalized spacial score (nSPS) is 20.3. The Labute approximate surface area is 159 Å². The van der Waals surface area contributed by atoms with Gasteiger partial charge in [-0.2, -0.15) is 0 Å². The number of nitrogens with zero attached hydrogens (tertiary/aromatic N) is 1. The molecule has 3 rings (SSSR count). The van der Waals surface area contributed by atoms with Crippen LogP contribution in [0, 0.1) is 18.8 Å². The summed E-state index contributed by atoms with van der Waals surface area (Å²) in [5.74, 6) is 6.04. The van der Waals surface area contributed by atoms with E-state index in [0.717, 1.165) is 21.6 Å². The minimum Gasteiger partial charge on any atom is -0.399 e. The van der Waals surface area contributed by atoms with Crippen molar-refractivity contribution < 1.29 is 14.4 Å². The molecule has 0 radical (unpaired) electrons. The molecule has 0 aliphatic carbocycles. The van der Waals surface area contributed by atoms with Crippen molar-refractivity contribution in [1.29, 1.82) is 0 Å². The summed E-state index contributed by atoms with van der Waals surface area (Å²) in [7, 11) is -0.425. The molecule has 2 aromatic rings. The zero-order valence-corrected chi connectivity index (χ0v) is 16.9. The van der Waals surface area contributed by atoms with Crippen molar-refractivity contribution in [2.45, 2.75) is 58.3 Å². The third kappa shape index (κ3) is 3.58. The highest BCUT2D eigenvalue weighted by Gasteiger charge is 2.51. The molecule has 1 saturated heterocycles. The summed E-state index contributed by atoms with van der Waals surface area (Å²) >= 11 is 1.41. The first-order valence-electron chi connectivity index (χ1n) is 8.63. The molecule has 26 heavy (non-hydrogen) atoms. The smallest absolute Gasteiger partial charge is 0.399 e. The van der Waals surface area contributed by atoms with Gasteiger partial charge in [-0.3, -0.25) is 0 Å². The lowest BCUT2D eigenvalue weighted by molar-refractivity contribution is 0.00578. The lowest BCUT2D eigenvalue weighted by Gasteiger charge is -2.32. The summed E-state index contributed by atoms with van der Waals surface area (Å²) in [5, 5.41) is 10.7. The van der Waals surface area contributed by atoms with Crippen molar-refractivity contribution in [2.24, 2.45) is 0 Å². The quantitative estimate of drug-likeness (QED) is 0.653. The first-order valence-corrected chi connectivity index (χ1v) is 9.51. The number of aromatic nitrogens is 1. The average Bonchev–Trinajstić information content (AvgIpc) is 3.07. The Morgan fingerprint density at radius 2 is 1.85 bits per heavy atom. The Morgan fingerprint density at radius 3 is 2.42 bits per heavy atom. The number of rotatable bonds is 2. The second-order valence-electron chi connectivity index (χ2n) is 7.80. The van der Waals surface area contributed by atoms with E-state index in [9.17, 15) is 5.11 Å². The molecule has 0 bridgehead atoms. The zero-order chi connectivity index (χ0) is 19.2. The zero-order valence-electron chi connectivity index (χ0n) is 16.1. The van der Waals surface area contributed by atoms with Gasteiger partial charge in [-0.1, -0.05) is 24.0 Å². The Balaban J connectivity index is 1.85. The van der Waals surface area contributed by atoms with E-state index in [2.05, 4.69) is 16.8 Å². The second-order valence-corrected chi connectivity index (χ2v) is 8.66. The third-order valence-corrected chi connectivity index (χ3v) is 6.19. The summed E-state index contributed by atoms with van der Waals surface area (Å²) in [5.41, 5.74) is 2.26. The molecule has 1 aromatic carbocycles. The summed E-state index contributed by atoms with van der Waals surface area (Å²) in [6.07, 6.45) is 0. The molecular weight excluding hydrogens is 345 g/mol. The van der Waals surface area contributed by atoms with E-state index in [1.807, 2.05) is 58.9 Å². The first-order chi connectivity index (χ1) is 12.0. The Morgan fingerprint density at radius 1 is 1.19 bits per heavy atom. The number of hydrogen-bond acceptors (Lipinski definition) is 5. The van der Waals surface area contributed by atoms with Crippen LogP contribution in [0.5, 0.6) is 0 Å². The van der Waals surface area contributed by atoms with Gasteiger partial charge in [-0.25, -0.2) is 4.98 Å². The fourth-order valence-electron chi connectivity index (χ4n) is 2.76. The molecule has 1 atom stereocenters. The lowest BCUT2D eigenvalue weighted by Crippen LogP contribution is -2.41. The number of thiazole rings is 1. The van der Waals surface area contributed by atoms with Gasteiger partial charge in [0.25, 0.3) is 0 Å². The standard InChI is InChI=1S/C20H24BNO3S/c1-14-17(26-13-22-14)20(6,23)11-10-15-8-7-9-16(12-15)21-24-18(2,3)19(4,5)25-21/h7-9,12-13,23H,1-6H3/t20-/m1/s1. The van der Waals surface area contributed by atoms with Gasteiger partial charge >= 0.3 is 7.12 Å². The van der Waals surface area contributed by atoms with Crippen LogP contribution in [0.4, 0.5) is 0 Å². The number of aryl methyl sites for hydroxylation is 1. The monoisotopic (exact) mass is 369 g/mol. The molecule has 1 N–H and O–H groups in total. The highest BCUT2D eigenvalue weighted by atomic mass is 32.1. The van der Waals surface area contributed by atoms with Gasteiger partial charge in [0.05, 0.1) is 27.3 Å². The van der Waals surface area contributed by atoms with E-state index >= 15 is 0 Å². The van der Waals surface area contributed by atoms with Crippen LogP contribution in [0.1, 0.15) is 50.8 Å². The van der Waals surface area contributed by atoms with Crippen LogP contribution in [0.15, 0.2) is 29.8 Å². The number of hydrogen-bond donors (Lipinski definition) is 1. The third-order valence-electron chi connectivity index (χ3n) is 5.05. The lowest BCUT2D eigenvalue weighted by atomic mass is 9.78. The van der Waals surface area contributed by atoms with E-state index in [1.54, 1.807) is 12.4 Å². The molecule has 1 aromatic heterocycles. The second kappa shape index (κ2) is 6.51. The molecule has 1 aliphatic heterocycles. The van der Waals surface area contributed by atoms with Crippen molar-refractivity contribution in [3.63, 3.8) is 0 Å². The summed E-state index contributed by atoms with van der Waals surface area (Å²) < 4.78 is 12.2. The fourth-order valence-corrected chi connectivity index (χ4v) is 3.58. The van der Waals surface area contributed by atoms with Crippen molar-refractivity contribution >= 4 is 23.9 Å². The number of benzene rings is 1. The van der Waals surface area contributed by atoms with Crippen LogP contribution in [0.2, 0.25) is 0 Å². The highest BCUT2D eigenvalue weighted by Crippen LogP contribution is 2.36. The van der Waals surface area contributed by atoms with Gasteiger partial charge in [-0.05, 0) is 59.1 Å². The van der Waals surface area contributed by atoms with Crippen molar-refractivity contribution in [3.8, 4) is 11.8 Å². The van der Waals surface area contributed by atoms with Crippen LogP contribution >= 0.6 is 11.3 Å². The number of aliphatic hydroxyl groups is 1. The molecule has 1 aliphatic rings. The van der Waals surface area contributed by atoms with Gasteiger partial charge in [-0.15, -0.1) is 11.3 Å². The van der Waals surface area contributed by atoms with Crippen LogP contribution in [0.25, 0.3) is 0 Å². The highest BCUT2D eigenvalue weighted by molar-refractivity contribution is 7.09. The Hall–Kier alpha value is -1.65. The van der Waals surface area contributed by atoms with E-state index in [-0.39, 0.29) is 11.2 Å². The molecule has 0 unspecified atom stereocenters. The minimum absolute atomic E-state index is 0.382. The van der Waals surface area contributed by atoms with Crippen LogP contribution < -0.4 is 5.46 Å². The van der Waals surface area contributed by atoms with Crippen LogP contribution in [-0.2, 0) is 14.9 Å². The van der Waals surface area contributed by atoms with Gasteiger partial charge in [0.15, 0.2) is 5.60 Å². The first kappa shape index (κ1) is 19.1. The molecule has 0 saturated carbocycles. The molecule has 1 fully saturated rings. The summed E-state index contributed by atoms with van der Waals surface area (Å²) in [6, 6.07) is 7.76. The molecule has 0 amide bonds. The van der Waals surface area contributed by atoms with Crippen molar-refractivity contribution in [3.05, 3.63) is 45.9 Å². The van der Waals surface area contributed by atoms with Crippen molar-refractivity contribution in [2.75, 3.05) is 0 Å². The summed E-state index contributed by atoms with van der Waals surface area (Å²) in [6.45, 7) is 11.7. The average molecular weight is 369 g/mol. The topological polar surface area (TPSA) is 51.6 Å². The fraction of sp³-hybridized carbons (Fsp3) is 0.450. The Bertz CT molecular complexity index is 860. The van der Waals surface area contributed by atoms with Crippen molar-refractivity contribution in [1.82, 2.24) is 4.98 Å². The van der Waals surface area contributed by atoms with Crippen LogP contribution in [-0.4, -0.2) is 28.4 Å². The maximum Gasteiger partial charge on any atom is 0.494 e. The van der Waals surface area contributed by atoms with Gasteiger partial charge in [0.2, 0.25) is 0 Å². The maximum absolute atomic E-state index is 10.7. The van der Waals surface area contributed by atoms with E-state index in [0.29, 0.717) is 0 Å².